The molecule has 12 amide bonds. The first-order valence-electron chi connectivity index (χ1n) is 43.7. The molecule has 0 saturated carbocycles. The molecule has 140 heavy (non-hydrogen) atoms. The smallest absolute Gasteiger partial charge is 0.291 e. The van der Waals surface area contributed by atoms with Crippen LogP contribution in [0.15, 0.2) is 145 Å². The van der Waals surface area contributed by atoms with Crippen LogP contribution in [0.1, 0.15) is 123 Å². The molecule has 0 bridgehead atoms. The van der Waals surface area contributed by atoms with E-state index in [1.165, 1.54) is 139 Å². The summed E-state index contributed by atoms with van der Waals surface area (Å²) in [7, 11) is 8.85. The number of carbonyl (C=O) groups excluding carboxylic acids is 12. The molecule has 0 aliphatic rings. The first kappa shape index (κ1) is 102. The van der Waals surface area contributed by atoms with Crippen molar-refractivity contribution in [3.8, 4) is 28.4 Å². The zero-order valence-corrected chi connectivity index (χ0v) is 78.3. The highest BCUT2D eigenvalue weighted by molar-refractivity contribution is 7.92. The zero-order valence-electron chi connectivity index (χ0n) is 77.5. The summed E-state index contributed by atoms with van der Waals surface area (Å²) in [5.41, 5.74) is 2.05. The van der Waals surface area contributed by atoms with Crippen molar-refractivity contribution in [2.24, 2.45) is 56.4 Å². The first-order valence-corrected chi connectivity index (χ1v) is 45.3. The minimum Gasteiger partial charge on any atom is -0.491 e. The number of benzene rings is 3. The van der Waals surface area contributed by atoms with Crippen molar-refractivity contribution in [1.82, 2.24) is 88.0 Å². The van der Waals surface area contributed by atoms with E-state index in [-0.39, 0.29) is 225 Å². The summed E-state index contributed by atoms with van der Waals surface area (Å²) in [6.07, 6.45) is 13.2. The van der Waals surface area contributed by atoms with Crippen LogP contribution >= 0.6 is 0 Å². The second-order valence-corrected chi connectivity index (χ2v) is 33.6. The molecule has 47 nitrogen and oxygen atoms in total. The number of aryl methyl sites for hydroxylation is 8. The normalized spacial score (nSPS) is 11.2. The number of nitrogens with one attached hydrogen (secondary N) is 14. The molecule has 0 atom stereocenters. The third-order valence-electron chi connectivity index (χ3n) is 20.9. The second-order valence-electron chi connectivity index (χ2n) is 31.6. The second kappa shape index (κ2) is 47.8. The standard InChI is InChI=1S/C90H104F2N26O21S/c1-10-140(132,133)110-55-16-20-68(139-69-19-13-53(91)40-63(69)92)60(41-55)62-49-118(9)90(131)77-61(62)45-64(103-77)82(123)100-54-14-17-59(18-15-54)138-39-38-137-37-36-136-35-34-135-33-32-134-31-29-93-73(119)21-25-97-87(128)80-108-72(52-116(80)7)109-85(126)67-42-56(46-114(67)5)99-75(121)22-27-98-86(127)79-106-70(50-115(79)6)104-74(120)12-11-24-95-83(124)65-44-58(48-112(65)3)102-89(130)81-107-71(51-117(81)8)105-76(122)23-26-96-84(125)66-43-57(47-113(66)4)101-88(129)78-94-28-30-111(78)2/h13-20,28,30,40-52,103,110H,10-12,21-27,29,31-39H2,1-9H3,(H,93,119)(H,95,124)(H,96,125)(H,97,128)(H,98,127)(H,99,121)(H,100,123)(H,101,129)(H,102,130)(H,104,120)(H,105,122)(H,109,126). The summed E-state index contributed by atoms with van der Waals surface area (Å²) in [4.78, 5) is 190. The quantitative estimate of drug-likeness (QED) is 0.0213. The van der Waals surface area contributed by atoms with Crippen LogP contribution in [-0.4, -0.2) is 239 Å². The van der Waals surface area contributed by atoms with Gasteiger partial charge >= 0.3 is 0 Å². The number of nitrogens with zero attached hydrogens (tertiary/aromatic N) is 12. The number of hydrogen-bond acceptors (Lipinski definition) is 25. The van der Waals surface area contributed by atoms with Crippen molar-refractivity contribution in [3.63, 3.8) is 0 Å². The number of anilines is 8. The van der Waals surface area contributed by atoms with E-state index in [2.05, 4.69) is 93.4 Å². The van der Waals surface area contributed by atoms with Gasteiger partial charge in [0.2, 0.25) is 51.1 Å². The molecule has 0 radical (unpaired) electrons. The molecular weight excluding hydrogens is 1850 g/mol. The van der Waals surface area contributed by atoms with Crippen LogP contribution in [0, 0.1) is 11.6 Å². The molecule has 0 aliphatic carbocycles. The molecular formula is C90H104F2N26O21S. The number of aromatic nitrogens is 13. The molecule has 0 spiro atoms. The van der Waals surface area contributed by atoms with Gasteiger partial charge in [0.25, 0.3) is 52.8 Å². The molecule has 12 aromatic rings. The minimum atomic E-state index is -3.75. The summed E-state index contributed by atoms with van der Waals surface area (Å²) in [6.45, 7) is 3.95. The number of carbonyl (C=O) groups is 12. The minimum absolute atomic E-state index is 0.00484. The number of sulfonamides is 1. The molecule has 12 rings (SSSR count). The number of halogens is 2. The van der Waals surface area contributed by atoms with Gasteiger partial charge in [0, 0.05) is 205 Å². The van der Waals surface area contributed by atoms with Gasteiger partial charge in [-0.25, -0.2) is 37.1 Å². The van der Waals surface area contributed by atoms with Crippen molar-refractivity contribution in [3.05, 3.63) is 209 Å². The fourth-order valence-corrected chi connectivity index (χ4v) is 14.5. The van der Waals surface area contributed by atoms with Crippen molar-refractivity contribution in [2.45, 2.75) is 39.0 Å². The van der Waals surface area contributed by atoms with E-state index >= 15 is 0 Å². The third kappa shape index (κ3) is 28.4. The van der Waals surface area contributed by atoms with Crippen molar-refractivity contribution < 1.29 is 103 Å². The number of rotatable bonds is 50. The molecule has 0 aliphatic heterocycles. The Morgan fingerprint density at radius 1 is 0.393 bits per heavy atom. The van der Waals surface area contributed by atoms with E-state index in [1.54, 1.807) is 83.5 Å². The Labute approximate surface area is 797 Å². The van der Waals surface area contributed by atoms with E-state index < -0.39 is 92.2 Å². The Bertz CT molecular complexity index is 6780. The van der Waals surface area contributed by atoms with Gasteiger partial charge in [-0.3, -0.25) is 67.1 Å². The van der Waals surface area contributed by atoms with Crippen LogP contribution in [0.2, 0.25) is 0 Å². The molecule has 9 aromatic heterocycles. The van der Waals surface area contributed by atoms with E-state index in [1.807, 2.05) is 0 Å². The van der Waals surface area contributed by atoms with Gasteiger partial charge in [-0.05, 0) is 92.2 Å². The van der Waals surface area contributed by atoms with Gasteiger partial charge in [-0.1, -0.05) is 0 Å². The summed E-state index contributed by atoms with van der Waals surface area (Å²) in [6, 6.07) is 19.3. The maximum atomic E-state index is 14.8. The van der Waals surface area contributed by atoms with Crippen molar-refractivity contribution in [2.75, 3.05) is 140 Å². The maximum Gasteiger partial charge on any atom is 0.291 e. The van der Waals surface area contributed by atoms with Gasteiger partial charge in [0.1, 0.15) is 52.2 Å². The molecule has 0 saturated heterocycles. The molecule has 0 fully saturated rings. The Hall–Kier alpha value is -16.5. The Morgan fingerprint density at radius 3 is 1.41 bits per heavy atom. The van der Waals surface area contributed by atoms with Crippen molar-refractivity contribution >= 4 is 138 Å². The first-order chi connectivity index (χ1) is 67.0. The zero-order chi connectivity index (χ0) is 100. The number of H-pyrrole nitrogens is 1. The molecule has 50 heteroatoms. The lowest BCUT2D eigenvalue weighted by Gasteiger charge is -2.16. The number of imidazole rings is 4. The van der Waals surface area contributed by atoms with Gasteiger partial charge in [0.15, 0.2) is 34.8 Å². The molecule has 740 valence electrons. The predicted octanol–water partition coefficient (Wildman–Crippen LogP) is 5.37. The topological polar surface area (TPSA) is 575 Å². The maximum absolute atomic E-state index is 14.8. The van der Waals surface area contributed by atoms with Gasteiger partial charge in [-0.2, -0.15) is 0 Å². The van der Waals surface area contributed by atoms with Crippen LogP contribution in [0.4, 0.5) is 54.7 Å². The van der Waals surface area contributed by atoms with E-state index in [4.69, 9.17) is 28.4 Å². The van der Waals surface area contributed by atoms with Crippen LogP contribution in [-0.2, 0) is 105 Å². The number of ether oxygens (including phenoxy) is 6. The third-order valence-corrected chi connectivity index (χ3v) is 22.2. The summed E-state index contributed by atoms with van der Waals surface area (Å²) < 4.78 is 102. The lowest BCUT2D eigenvalue weighted by atomic mass is 10.0. The van der Waals surface area contributed by atoms with Crippen LogP contribution in [0.5, 0.6) is 17.2 Å². The monoisotopic (exact) mass is 1950 g/mol. The number of amides is 12. The molecule has 9 heterocycles. The Kier molecular flexibility index (Phi) is 35.0. The van der Waals surface area contributed by atoms with E-state index in [9.17, 15) is 79.5 Å². The fourth-order valence-electron chi connectivity index (χ4n) is 13.9. The van der Waals surface area contributed by atoms with E-state index in [0.29, 0.717) is 48.6 Å². The molecule has 14 N–H and O–H groups in total. The largest absolute Gasteiger partial charge is 0.491 e. The van der Waals surface area contributed by atoms with Gasteiger partial charge < -0.3 is 134 Å². The summed E-state index contributed by atoms with van der Waals surface area (Å²) in [5, 5.41) is 32.4. The highest BCUT2D eigenvalue weighted by atomic mass is 32.2. The Morgan fingerprint density at radius 2 is 0.864 bits per heavy atom. The average Bonchev–Trinajstić information content (AvgIpc) is 1.57. The molecule has 3 aromatic carbocycles. The summed E-state index contributed by atoms with van der Waals surface area (Å²) in [5.74, 6) is -8.01. The SMILES string of the molecule is CCS(=O)(=O)Nc1ccc(Oc2ccc(F)cc2F)c(-c2cn(C)c(=O)c3[nH]c(C(=O)Nc4ccc(OCCOCCOCCOCCOCCNC(=O)CCNC(=O)c5nc(NC(=O)c6cc(NC(=O)CCNC(=O)c7nc(NC(=O)CCCNC(=O)c8cc(NC(=O)c9nc(NC(=O)CCNC(=O)c%10cc(NC(=O)c%11nccn%11C)cn%10C)cn9C)cn8C)cn7C)cn6C)cn5C)cc4)cc23)c1. The van der Waals surface area contributed by atoms with Gasteiger partial charge in [0.05, 0.1) is 75.7 Å². The number of fused-ring (bicyclic) bond motifs is 1. The fraction of sp³-hybridized carbons (Fsp3) is 0.322. The Balaban J connectivity index is 0.456. The number of aromatic amines is 1. The highest BCUT2D eigenvalue weighted by Gasteiger charge is 2.27. The van der Waals surface area contributed by atoms with Crippen LogP contribution < -0.4 is 83.6 Å². The average molecular weight is 1960 g/mol. The number of pyridine rings is 1. The number of hydrogen-bond donors (Lipinski definition) is 14. The predicted molar refractivity (Wildman–Crippen MR) is 506 cm³/mol. The van der Waals surface area contributed by atoms with Gasteiger partial charge in [-0.15, -0.1) is 0 Å². The molecule has 0 unspecified atom stereocenters. The summed E-state index contributed by atoms with van der Waals surface area (Å²) >= 11 is 0. The van der Waals surface area contributed by atoms with Crippen LogP contribution in [0.3, 0.4) is 0 Å². The van der Waals surface area contributed by atoms with Crippen molar-refractivity contribution in [1.29, 1.82) is 0 Å². The highest BCUT2D eigenvalue weighted by Crippen LogP contribution is 2.40. The van der Waals surface area contributed by atoms with Crippen LogP contribution in [0.25, 0.3) is 22.0 Å². The van der Waals surface area contributed by atoms with E-state index in [0.717, 1.165) is 12.1 Å². The lowest BCUT2D eigenvalue weighted by Crippen LogP contribution is -2.33. The lowest BCUT2D eigenvalue weighted by molar-refractivity contribution is -0.121.